The molecule has 0 saturated carbocycles. The van der Waals surface area contributed by atoms with E-state index in [2.05, 4.69) is 29.0 Å². The molecule has 1 aliphatic carbocycles. The van der Waals surface area contributed by atoms with Crippen LogP contribution >= 0.6 is 34.7 Å². The second-order valence-electron chi connectivity index (χ2n) is 9.17. The summed E-state index contributed by atoms with van der Waals surface area (Å²) >= 11 is 8.77. The Morgan fingerprint density at radius 2 is 2.22 bits per heavy atom. The first-order valence-corrected chi connectivity index (χ1v) is 14.2. The minimum absolute atomic E-state index is 0.0952. The van der Waals surface area contributed by atoms with Gasteiger partial charge in [0.1, 0.15) is 10.8 Å². The van der Waals surface area contributed by atoms with Crippen LogP contribution in [0.25, 0.3) is 0 Å². The van der Waals surface area contributed by atoms with Crippen molar-refractivity contribution < 1.29 is 14.3 Å². The molecular formula is C26H30ClN5O3S2. The Labute approximate surface area is 229 Å². The Hall–Kier alpha value is -2.82. The van der Waals surface area contributed by atoms with Crippen LogP contribution in [0.1, 0.15) is 58.6 Å². The van der Waals surface area contributed by atoms with E-state index in [-0.39, 0.29) is 11.7 Å². The van der Waals surface area contributed by atoms with E-state index in [1.165, 1.54) is 23.1 Å². The van der Waals surface area contributed by atoms with Crippen molar-refractivity contribution in [2.45, 2.75) is 57.8 Å². The highest BCUT2D eigenvalue weighted by Gasteiger charge is 2.27. The number of thioether (sulfide) groups is 1. The van der Waals surface area contributed by atoms with Gasteiger partial charge in [-0.05, 0) is 68.4 Å². The average Bonchev–Trinajstić information content (AvgIpc) is 3.40. The largest absolute Gasteiger partial charge is 0.482 e. The van der Waals surface area contributed by atoms with Crippen LogP contribution in [0, 0.1) is 12.8 Å². The van der Waals surface area contributed by atoms with E-state index in [1.807, 2.05) is 30.5 Å². The lowest BCUT2D eigenvalue weighted by atomic mass is 9.88. The smallest absolute Gasteiger partial charge is 0.251 e. The van der Waals surface area contributed by atoms with Gasteiger partial charge in [0.05, 0.1) is 11.3 Å². The molecule has 1 aromatic carbocycles. The van der Waals surface area contributed by atoms with Crippen molar-refractivity contribution in [3.8, 4) is 5.75 Å². The van der Waals surface area contributed by atoms with E-state index in [0.29, 0.717) is 44.8 Å². The number of amides is 2. The number of allylic oxidation sites excluding steroid dienone is 1. The van der Waals surface area contributed by atoms with Gasteiger partial charge >= 0.3 is 0 Å². The molecule has 2 heterocycles. The van der Waals surface area contributed by atoms with Gasteiger partial charge in [-0.15, -0.1) is 28.1 Å². The molecule has 2 amide bonds. The zero-order valence-electron chi connectivity index (χ0n) is 21.0. The topological polar surface area (TPSA) is 112 Å². The number of nitrogens with zero attached hydrogens (tertiary/aromatic N) is 3. The van der Waals surface area contributed by atoms with Gasteiger partial charge in [-0.3, -0.25) is 14.2 Å². The molecule has 2 atom stereocenters. The molecule has 0 spiro atoms. The predicted octanol–water partition coefficient (Wildman–Crippen LogP) is 5.58. The number of anilines is 1. The molecule has 8 nitrogen and oxygen atoms in total. The number of hydrogen-bond acceptors (Lipinski definition) is 7. The maximum atomic E-state index is 12.9. The van der Waals surface area contributed by atoms with E-state index in [0.717, 1.165) is 35.3 Å². The lowest BCUT2D eigenvalue weighted by molar-refractivity contribution is -0.113. The molecular weight excluding hydrogens is 530 g/mol. The summed E-state index contributed by atoms with van der Waals surface area (Å²) in [5.74, 6) is 1.22. The first-order valence-electron chi connectivity index (χ1n) is 12.0. The van der Waals surface area contributed by atoms with Crippen molar-refractivity contribution in [1.82, 2.24) is 14.8 Å². The Morgan fingerprint density at radius 1 is 1.43 bits per heavy atom. The highest BCUT2D eigenvalue weighted by molar-refractivity contribution is 7.99. The van der Waals surface area contributed by atoms with Crippen LogP contribution in [0.15, 0.2) is 36.0 Å². The highest BCUT2D eigenvalue weighted by Crippen LogP contribution is 2.39. The van der Waals surface area contributed by atoms with Gasteiger partial charge in [-0.1, -0.05) is 36.4 Å². The zero-order chi connectivity index (χ0) is 26.7. The molecule has 1 aliphatic rings. The number of nitrogens with two attached hydrogens (primary N) is 1. The van der Waals surface area contributed by atoms with E-state index >= 15 is 0 Å². The third-order valence-corrected chi connectivity index (χ3v) is 8.58. The number of rotatable bonds is 10. The van der Waals surface area contributed by atoms with Crippen molar-refractivity contribution in [1.29, 1.82) is 0 Å². The van der Waals surface area contributed by atoms with Crippen LogP contribution < -0.4 is 15.8 Å². The Bertz CT molecular complexity index is 1340. The summed E-state index contributed by atoms with van der Waals surface area (Å²) in [7, 11) is 0. The fourth-order valence-corrected chi connectivity index (χ4v) is 6.80. The molecule has 0 aliphatic heterocycles. The van der Waals surface area contributed by atoms with Gasteiger partial charge in [0.25, 0.3) is 5.91 Å². The molecule has 3 N–H and O–H groups in total. The Balaban J connectivity index is 1.46. The molecule has 2 aromatic heterocycles. The lowest BCUT2D eigenvalue weighted by Crippen LogP contribution is -2.20. The van der Waals surface area contributed by atoms with Crippen LogP contribution in [-0.2, 0) is 24.2 Å². The summed E-state index contributed by atoms with van der Waals surface area (Å²) in [5, 5.41) is 13.3. The summed E-state index contributed by atoms with van der Waals surface area (Å²) < 4.78 is 8.00. The number of aryl methyl sites for hydroxylation is 1. The molecule has 0 fully saturated rings. The van der Waals surface area contributed by atoms with Crippen molar-refractivity contribution in [3.63, 3.8) is 0 Å². The van der Waals surface area contributed by atoms with Gasteiger partial charge in [0.2, 0.25) is 5.91 Å². The molecule has 0 bridgehead atoms. The number of hydrogen-bond donors (Lipinski definition) is 2. The quantitative estimate of drug-likeness (QED) is 0.248. The van der Waals surface area contributed by atoms with Gasteiger partial charge in [-0.25, -0.2) is 0 Å². The molecule has 0 radical (unpaired) electrons. The van der Waals surface area contributed by atoms with Crippen molar-refractivity contribution in [3.05, 3.63) is 63.3 Å². The van der Waals surface area contributed by atoms with E-state index < -0.39 is 12.0 Å². The van der Waals surface area contributed by atoms with Crippen molar-refractivity contribution in [2.24, 2.45) is 11.7 Å². The number of fused-ring (bicyclic) bond motifs is 1. The summed E-state index contributed by atoms with van der Waals surface area (Å²) in [5.41, 5.74) is 8.03. The fourth-order valence-electron chi connectivity index (χ4n) is 4.39. The first kappa shape index (κ1) is 27.2. The number of primary amides is 1. The minimum atomic E-state index is -0.504. The van der Waals surface area contributed by atoms with E-state index in [4.69, 9.17) is 22.1 Å². The predicted molar refractivity (Wildman–Crippen MR) is 149 cm³/mol. The molecule has 4 rings (SSSR count). The third-order valence-electron chi connectivity index (χ3n) is 6.20. The molecule has 196 valence electrons. The van der Waals surface area contributed by atoms with Gasteiger partial charge in [0.15, 0.2) is 17.1 Å². The molecule has 37 heavy (non-hydrogen) atoms. The number of nitrogens with one attached hydrogen (secondary N) is 1. The maximum absolute atomic E-state index is 12.9. The van der Waals surface area contributed by atoms with Gasteiger partial charge < -0.3 is 15.8 Å². The lowest BCUT2D eigenvalue weighted by Gasteiger charge is -2.18. The fraction of sp³-hybridized carbons (Fsp3) is 0.385. The molecule has 11 heteroatoms. The highest BCUT2D eigenvalue weighted by atomic mass is 35.5. The van der Waals surface area contributed by atoms with Crippen molar-refractivity contribution >= 4 is 51.5 Å². The number of ether oxygens (including phenoxy) is 1. The van der Waals surface area contributed by atoms with Crippen LogP contribution in [0.4, 0.5) is 5.00 Å². The summed E-state index contributed by atoms with van der Waals surface area (Å²) in [6, 6.07) is 5.44. The van der Waals surface area contributed by atoms with Gasteiger partial charge in [0, 0.05) is 16.4 Å². The van der Waals surface area contributed by atoms with Crippen LogP contribution in [-0.4, -0.2) is 32.3 Å². The summed E-state index contributed by atoms with van der Waals surface area (Å²) in [4.78, 5) is 26.2. The second kappa shape index (κ2) is 11.7. The second-order valence-corrected chi connectivity index (χ2v) is 11.7. The summed E-state index contributed by atoms with van der Waals surface area (Å²) in [6.45, 7) is 10.3. The number of carbonyl (C=O) groups is 2. The average molecular weight is 560 g/mol. The first-order chi connectivity index (χ1) is 17.7. The van der Waals surface area contributed by atoms with Crippen LogP contribution in [0.3, 0.4) is 0 Å². The van der Waals surface area contributed by atoms with Crippen LogP contribution in [0.2, 0.25) is 5.02 Å². The number of thiophene rings is 1. The third kappa shape index (κ3) is 6.19. The minimum Gasteiger partial charge on any atom is -0.482 e. The number of aromatic nitrogens is 3. The van der Waals surface area contributed by atoms with E-state index in [1.54, 1.807) is 12.1 Å². The zero-order valence-corrected chi connectivity index (χ0v) is 23.4. The maximum Gasteiger partial charge on any atom is 0.251 e. The monoisotopic (exact) mass is 559 g/mol. The Kier molecular flexibility index (Phi) is 8.61. The Morgan fingerprint density at radius 3 is 2.92 bits per heavy atom. The van der Waals surface area contributed by atoms with E-state index in [9.17, 15) is 9.59 Å². The summed E-state index contributed by atoms with van der Waals surface area (Å²) in [6.07, 6.45) is 4.06. The molecule has 0 saturated heterocycles. The number of carbonyl (C=O) groups excluding carboxylic acids is 2. The van der Waals surface area contributed by atoms with Crippen LogP contribution in [0.5, 0.6) is 5.75 Å². The van der Waals surface area contributed by atoms with Crippen molar-refractivity contribution in [2.75, 3.05) is 11.1 Å². The molecule has 2 unspecified atom stereocenters. The van der Waals surface area contributed by atoms with Gasteiger partial charge in [-0.2, -0.15) is 0 Å². The standard InChI is InChI=1S/C26H30ClN5O3S2/c1-5-10-32-24(16(4)35-19-9-7-17(27)12-15(19)3)30-31-26(32)36-13-21(33)29-25-22(23(28)34)18-8-6-14(2)11-20(18)37-25/h5,7,9,12,14,16H,1,6,8,10-11,13H2,2-4H3,(H2,28,34)(H,29,33). The number of halogens is 1. The number of benzene rings is 1. The SMILES string of the molecule is C=CCn1c(SCC(=O)Nc2sc3c(c2C(N)=O)CCC(C)C3)nnc1C(C)Oc1ccc(Cl)cc1C. The molecule has 3 aromatic rings. The normalized spacial score (nSPS) is 15.6.